The normalized spacial score (nSPS) is 19.2. The second-order valence-corrected chi connectivity index (χ2v) is 6.68. The van der Waals surface area contributed by atoms with E-state index in [1.807, 2.05) is 12.1 Å². The van der Waals surface area contributed by atoms with E-state index in [9.17, 15) is 0 Å². The molecule has 0 aromatic heterocycles. The Bertz CT molecular complexity index is 718. The Kier molecular flexibility index (Phi) is 3.94. The van der Waals surface area contributed by atoms with Gasteiger partial charge in [0.15, 0.2) is 0 Å². The summed E-state index contributed by atoms with van der Waals surface area (Å²) in [5, 5.41) is 3.23. The van der Waals surface area contributed by atoms with Crippen molar-refractivity contribution in [1.29, 1.82) is 0 Å². The number of nitrogens with one attached hydrogen (secondary N) is 1. The first-order valence-corrected chi connectivity index (χ1v) is 8.42. The minimum atomic E-state index is -0.0619. The van der Waals surface area contributed by atoms with E-state index in [4.69, 9.17) is 14.2 Å². The van der Waals surface area contributed by atoms with Crippen LogP contribution < -0.4 is 14.8 Å². The minimum Gasteiger partial charge on any atom is -0.497 e. The molecule has 0 unspecified atom stereocenters. The molecule has 2 aromatic carbocycles. The van der Waals surface area contributed by atoms with Crippen molar-refractivity contribution in [3.63, 3.8) is 0 Å². The molecule has 2 aliphatic heterocycles. The number of ether oxygens (including phenoxy) is 3. The average Bonchev–Trinajstić information content (AvgIpc) is 2.52. The summed E-state index contributed by atoms with van der Waals surface area (Å²) in [6.07, 6.45) is 0.303. The van der Waals surface area contributed by atoms with Gasteiger partial charge in [-0.1, -0.05) is 24.3 Å². The van der Waals surface area contributed by atoms with Crippen molar-refractivity contribution >= 4 is 0 Å². The lowest BCUT2D eigenvalue weighted by molar-refractivity contribution is -0.0380. The van der Waals surface area contributed by atoms with Crippen molar-refractivity contribution in [1.82, 2.24) is 5.32 Å². The number of rotatable bonds is 5. The molecule has 4 nitrogen and oxygen atoms in total. The van der Waals surface area contributed by atoms with E-state index in [2.05, 4.69) is 42.6 Å². The van der Waals surface area contributed by atoms with Crippen LogP contribution >= 0.6 is 0 Å². The van der Waals surface area contributed by atoms with Crippen LogP contribution in [-0.2, 0) is 10.2 Å². The first kappa shape index (κ1) is 15.5. The molecule has 0 amide bonds. The Labute approximate surface area is 142 Å². The molecule has 2 fully saturated rings. The van der Waals surface area contributed by atoms with Crippen LogP contribution in [0, 0.1) is 6.92 Å². The molecule has 0 radical (unpaired) electrons. The summed E-state index contributed by atoms with van der Waals surface area (Å²) in [6, 6.07) is 14.8. The Morgan fingerprint density at radius 2 is 1.75 bits per heavy atom. The average molecular weight is 325 g/mol. The highest BCUT2D eigenvalue weighted by Crippen LogP contribution is 2.41. The third-order valence-corrected chi connectivity index (χ3v) is 5.10. The first-order chi connectivity index (χ1) is 11.7. The summed E-state index contributed by atoms with van der Waals surface area (Å²) < 4.78 is 16.9. The molecule has 126 valence electrons. The van der Waals surface area contributed by atoms with Crippen molar-refractivity contribution in [3.8, 4) is 11.5 Å². The van der Waals surface area contributed by atoms with Gasteiger partial charge in [0.1, 0.15) is 17.6 Å². The summed E-state index contributed by atoms with van der Waals surface area (Å²) in [7, 11) is 1.69. The van der Waals surface area contributed by atoms with Crippen LogP contribution in [0.25, 0.3) is 0 Å². The number of benzene rings is 2. The molecule has 2 saturated heterocycles. The highest BCUT2D eigenvalue weighted by atomic mass is 16.5. The maximum atomic E-state index is 6.03. The van der Waals surface area contributed by atoms with Gasteiger partial charge in [-0.05, 0) is 41.8 Å². The molecule has 0 atom stereocenters. The summed E-state index contributed by atoms with van der Waals surface area (Å²) in [5.74, 6) is 1.86. The lowest BCUT2D eigenvalue weighted by atomic mass is 9.72. The number of hydrogen-bond donors (Lipinski definition) is 1. The van der Waals surface area contributed by atoms with E-state index < -0.39 is 0 Å². The highest BCUT2D eigenvalue weighted by molar-refractivity contribution is 5.47. The molecule has 0 bridgehead atoms. The lowest BCUT2D eigenvalue weighted by Crippen LogP contribution is -2.50. The number of aryl methyl sites for hydroxylation is 1. The molecule has 2 heterocycles. The van der Waals surface area contributed by atoms with Crippen LogP contribution in [-0.4, -0.2) is 39.5 Å². The maximum absolute atomic E-state index is 6.03. The maximum Gasteiger partial charge on any atom is 0.123 e. The first-order valence-electron chi connectivity index (χ1n) is 8.42. The number of methoxy groups -OCH3 is 1. The Hall–Kier alpha value is -2.04. The van der Waals surface area contributed by atoms with E-state index >= 15 is 0 Å². The van der Waals surface area contributed by atoms with Crippen molar-refractivity contribution in [2.24, 2.45) is 0 Å². The van der Waals surface area contributed by atoms with E-state index in [-0.39, 0.29) is 5.41 Å². The largest absolute Gasteiger partial charge is 0.497 e. The smallest absolute Gasteiger partial charge is 0.123 e. The molecule has 2 aliphatic rings. The number of hydrogen-bond acceptors (Lipinski definition) is 4. The van der Waals surface area contributed by atoms with Gasteiger partial charge >= 0.3 is 0 Å². The Morgan fingerprint density at radius 1 is 1.04 bits per heavy atom. The van der Waals surface area contributed by atoms with Gasteiger partial charge in [0.05, 0.1) is 25.7 Å². The topological polar surface area (TPSA) is 39.7 Å². The van der Waals surface area contributed by atoms with Gasteiger partial charge in [-0.3, -0.25) is 0 Å². The van der Waals surface area contributed by atoms with Gasteiger partial charge in [-0.25, -0.2) is 0 Å². The van der Waals surface area contributed by atoms with Crippen LogP contribution in [0.3, 0.4) is 0 Å². The molecule has 2 aromatic rings. The van der Waals surface area contributed by atoms with Crippen LogP contribution in [0.15, 0.2) is 42.5 Å². The monoisotopic (exact) mass is 325 g/mol. The molecule has 4 heteroatoms. The van der Waals surface area contributed by atoms with Gasteiger partial charge in [0, 0.05) is 13.1 Å². The quantitative estimate of drug-likeness (QED) is 0.917. The van der Waals surface area contributed by atoms with Crippen molar-refractivity contribution in [3.05, 3.63) is 59.2 Å². The molecular weight excluding hydrogens is 302 g/mol. The minimum absolute atomic E-state index is 0.0619. The van der Waals surface area contributed by atoms with E-state index in [1.165, 1.54) is 16.7 Å². The highest BCUT2D eigenvalue weighted by Gasteiger charge is 2.42. The molecule has 0 spiro atoms. The van der Waals surface area contributed by atoms with Gasteiger partial charge < -0.3 is 19.5 Å². The molecule has 24 heavy (non-hydrogen) atoms. The van der Waals surface area contributed by atoms with E-state index in [0.717, 1.165) is 24.6 Å². The van der Waals surface area contributed by atoms with Crippen molar-refractivity contribution in [2.45, 2.75) is 18.4 Å². The Morgan fingerprint density at radius 3 is 2.25 bits per heavy atom. The molecule has 0 saturated carbocycles. The molecule has 1 N–H and O–H groups in total. The lowest BCUT2D eigenvalue weighted by Gasteiger charge is -2.43. The zero-order valence-corrected chi connectivity index (χ0v) is 14.2. The van der Waals surface area contributed by atoms with Gasteiger partial charge in [-0.15, -0.1) is 0 Å². The third kappa shape index (κ3) is 2.56. The fourth-order valence-electron chi connectivity index (χ4n) is 3.32. The molecule has 0 aliphatic carbocycles. The summed E-state index contributed by atoms with van der Waals surface area (Å²) in [5.41, 5.74) is 3.67. The van der Waals surface area contributed by atoms with Crippen molar-refractivity contribution < 1.29 is 14.2 Å². The predicted octanol–water partition coefficient (Wildman–Crippen LogP) is 2.67. The van der Waals surface area contributed by atoms with E-state index in [0.29, 0.717) is 19.3 Å². The third-order valence-electron chi connectivity index (χ3n) is 5.10. The van der Waals surface area contributed by atoms with E-state index in [1.54, 1.807) is 7.11 Å². The molecule has 4 rings (SSSR count). The van der Waals surface area contributed by atoms with Gasteiger partial charge in [0.2, 0.25) is 0 Å². The second kappa shape index (κ2) is 6.11. The van der Waals surface area contributed by atoms with Crippen LogP contribution in [0.2, 0.25) is 0 Å². The summed E-state index contributed by atoms with van der Waals surface area (Å²) in [4.78, 5) is 0. The van der Waals surface area contributed by atoms with Crippen LogP contribution in [0.1, 0.15) is 16.7 Å². The second-order valence-electron chi connectivity index (χ2n) is 6.68. The summed E-state index contributed by atoms with van der Waals surface area (Å²) >= 11 is 0. The standard InChI is InChI=1S/C20H23NO3/c1-14-9-16(5-8-19(14)24-18-10-21-11-18)20(12-23-13-20)15-3-6-17(22-2)7-4-15/h3-9,18,21H,10-13H2,1-2H3. The van der Waals surface area contributed by atoms with Crippen LogP contribution in [0.5, 0.6) is 11.5 Å². The molecular formula is C20H23NO3. The van der Waals surface area contributed by atoms with Crippen LogP contribution in [0.4, 0.5) is 0 Å². The van der Waals surface area contributed by atoms with Gasteiger partial charge in [0.25, 0.3) is 0 Å². The zero-order chi connectivity index (χ0) is 16.6. The fraction of sp³-hybridized carbons (Fsp3) is 0.400. The SMILES string of the molecule is COc1ccc(C2(c3ccc(OC4CNC4)c(C)c3)COC2)cc1. The fourth-order valence-corrected chi connectivity index (χ4v) is 3.32. The predicted molar refractivity (Wildman–Crippen MR) is 93.1 cm³/mol. The summed E-state index contributed by atoms with van der Waals surface area (Å²) in [6.45, 7) is 5.42. The zero-order valence-electron chi connectivity index (χ0n) is 14.2. The van der Waals surface area contributed by atoms with Gasteiger partial charge in [-0.2, -0.15) is 0 Å². The van der Waals surface area contributed by atoms with Crippen molar-refractivity contribution in [2.75, 3.05) is 33.4 Å². The Balaban J connectivity index is 1.63.